The van der Waals surface area contributed by atoms with Gasteiger partial charge in [0.25, 0.3) is 5.91 Å². The van der Waals surface area contributed by atoms with E-state index in [0.717, 1.165) is 0 Å². The molecule has 1 N–H and O–H groups in total. The van der Waals surface area contributed by atoms with Gasteiger partial charge in [-0.1, -0.05) is 84.9 Å². The number of ether oxygens (including phenoxy) is 2. The number of hydrogen-bond acceptors (Lipinski definition) is 7. The van der Waals surface area contributed by atoms with E-state index in [1.54, 1.807) is 124 Å². The van der Waals surface area contributed by atoms with Crippen molar-refractivity contribution in [2.75, 3.05) is 18.6 Å². The maximum Gasteiger partial charge on any atom is 0.337 e. The van der Waals surface area contributed by atoms with Crippen LogP contribution in [-0.2, 0) is 14.3 Å². The maximum atomic E-state index is 15.7. The number of hydrogen-bond donors (Lipinski definition) is 1. The van der Waals surface area contributed by atoms with Crippen LogP contribution in [0.2, 0.25) is 0 Å². The van der Waals surface area contributed by atoms with E-state index >= 15 is 4.79 Å². The molecule has 1 atom stereocenters. The number of amides is 1. The second kappa shape index (κ2) is 11.4. The van der Waals surface area contributed by atoms with Gasteiger partial charge in [-0.05, 0) is 43.7 Å². The van der Waals surface area contributed by atoms with Gasteiger partial charge in [0.1, 0.15) is 11.2 Å². The molecule has 4 aromatic rings. The Labute approximate surface area is 271 Å². The van der Waals surface area contributed by atoms with E-state index in [1.165, 1.54) is 4.90 Å². The van der Waals surface area contributed by atoms with Gasteiger partial charge < -0.3 is 14.8 Å². The molecule has 8 heteroatoms. The van der Waals surface area contributed by atoms with Gasteiger partial charge in [-0.2, -0.15) is 0 Å². The molecular formula is C39H30N2O6. The van der Waals surface area contributed by atoms with Crippen LogP contribution in [0.4, 0.5) is 5.69 Å². The summed E-state index contributed by atoms with van der Waals surface area (Å²) < 4.78 is 11.1. The third-order valence-corrected chi connectivity index (χ3v) is 8.84. The number of nitrogens with one attached hydrogen (secondary N) is 1. The highest BCUT2D eigenvalue weighted by Crippen LogP contribution is 2.61. The molecule has 0 saturated heterocycles. The minimum atomic E-state index is -2.16. The molecule has 0 radical (unpaired) electrons. The van der Waals surface area contributed by atoms with Crippen LogP contribution in [-0.4, -0.2) is 37.2 Å². The van der Waals surface area contributed by atoms with E-state index in [9.17, 15) is 14.4 Å². The van der Waals surface area contributed by atoms with Crippen LogP contribution >= 0.6 is 0 Å². The van der Waals surface area contributed by atoms with Crippen LogP contribution in [0, 0.1) is 5.41 Å². The zero-order valence-electron chi connectivity index (χ0n) is 26.0. The molecule has 2 aliphatic heterocycles. The van der Waals surface area contributed by atoms with Crippen LogP contribution in [0.15, 0.2) is 132 Å². The Hall–Kier alpha value is -6.02. The molecule has 0 aromatic heterocycles. The van der Waals surface area contributed by atoms with Gasteiger partial charge in [0.15, 0.2) is 11.6 Å². The van der Waals surface area contributed by atoms with E-state index in [2.05, 4.69) is 5.32 Å². The van der Waals surface area contributed by atoms with E-state index in [-0.39, 0.29) is 29.0 Å². The third-order valence-electron chi connectivity index (χ3n) is 8.84. The second-order valence-corrected chi connectivity index (χ2v) is 11.3. The molecule has 1 unspecified atom stereocenters. The minimum absolute atomic E-state index is 0.000196. The Bertz CT molecular complexity index is 2080. The first kappa shape index (κ1) is 29.7. The number of Topliss-reactive ketones (excluding diaryl/α,β-unsaturated/α-hetero) is 2. The normalized spacial score (nSPS) is 18.4. The Balaban J connectivity index is 1.64. The number of carbonyl (C=O) groups excluding carboxylic acids is 4. The average molecular weight is 623 g/mol. The van der Waals surface area contributed by atoms with Crippen molar-refractivity contribution < 1.29 is 28.7 Å². The highest BCUT2D eigenvalue weighted by atomic mass is 16.5. The summed E-state index contributed by atoms with van der Waals surface area (Å²) in [6, 6.07) is 31.4. The molecule has 2 heterocycles. The quantitative estimate of drug-likeness (QED) is 0.189. The predicted molar refractivity (Wildman–Crippen MR) is 177 cm³/mol. The van der Waals surface area contributed by atoms with Crippen LogP contribution in [0.1, 0.15) is 45.7 Å². The van der Waals surface area contributed by atoms with Crippen molar-refractivity contribution in [2.24, 2.45) is 5.41 Å². The van der Waals surface area contributed by atoms with Gasteiger partial charge in [0.2, 0.25) is 0 Å². The molecule has 3 aliphatic rings. The first-order valence-electron chi connectivity index (χ1n) is 15.3. The van der Waals surface area contributed by atoms with E-state index in [0.29, 0.717) is 45.1 Å². The zero-order chi connectivity index (χ0) is 32.9. The lowest BCUT2D eigenvalue weighted by Crippen LogP contribution is -2.49. The lowest BCUT2D eigenvalue weighted by molar-refractivity contribution is -0.140. The van der Waals surface area contributed by atoms with Gasteiger partial charge in [0, 0.05) is 39.2 Å². The molecular weight excluding hydrogens is 592 g/mol. The smallest absolute Gasteiger partial charge is 0.337 e. The summed E-state index contributed by atoms with van der Waals surface area (Å²) in [6.07, 6.45) is 0. The Morgan fingerprint density at radius 3 is 2.04 bits per heavy atom. The van der Waals surface area contributed by atoms with Crippen LogP contribution < -0.4 is 15.0 Å². The lowest BCUT2D eigenvalue weighted by Gasteiger charge is -2.38. The summed E-state index contributed by atoms with van der Waals surface area (Å²) in [5.41, 5.74) is 0.896. The molecule has 232 valence electrons. The number of benzene rings is 4. The fourth-order valence-electron chi connectivity index (χ4n) is 6.93. The van der Waals surface area contributed by atoms with Crippen molar-refractivity contribution in [3.8, 4) is 5.75 Å². The average Bonchev–Trinajstić information content (AvgIpc) is 3.53. The number of dihydropyridines is 1. The monoisotopic (exact) mass is 622 g/mol. The standard InChI is InChI=1S/C39H30N2O6/c1-4-47-37(44)32-34(24-13-7-5-8-14-24)41(26-19-21-27(46-3)22-20-26)38(45)39(32)30(35(42)25-15-9-6-10-16-25)23(2)40-33-28-17-11-12-18-29(28)36(43)31(33)39/h5-22,40H,4H2,1-3H3. The summed E-state index contributed by atoms with van der Waals surface area (Å²) >= 11 is 0. The number of allylic oxidation sites excluding steroid dienone is 1. The van der Waals surface area contributed by atoms with Crippen molar-refractivity contribution in [2.45, 2.75) is 13.8 Å². The van der Waals surface area contributed by atoms with Gasteiger partial charge >= 0.3 is 5.97 Å². The number of esters is 1. The van der Waals surface area contributed by atoms with Gasteiger partial charge in [-0.25, -0.2) is 4.79 Å². The largest absolute Gasteiger partial charge is 0.497 e. The van der Waals surface area contributed by atoms with Crippen molar-refractivity contribution in [1.82, 2.24) is 5.32 Å². The Morgan fingerprint density at radius 1 is 0.787 bits per heavy atom. The number of methoxy groups -OCH3 is 1. The van der Waals surface area contributed by atoms with Gasteiger partial charge in [-0.3, -0.25) is 19.3 Å². The number of nitrogens with zero attached hydrogens (tertiary/aromatic N) is 1. The van der Waals surface area contributed by atoms with Crippen molar-refractivity contribution >= 4 is 40.5 Å². The number of carbonyl (C=O) groups is 4. The molecule has 1 spiro atoms. The SMILES string of the molecule is CCOC(=O)C1=C(c2ccccc2)N(c2ccc(OC)cc2)C(=O)C12C(C(=O)c1ccccc1)=C(C)NC1=C2C(=O)c2ccccc21. The summed E-state index contributed by atoms with van der Waals surface area (Å²) in [7, 11) is 1.54. The molecule has 0 fully saturated rings. The van der Waals surface area contributed by atoms with E-state index < -0.39 is 28.9 Å². The fraction of sp³-hybridized carbons (Fsp3) is 0.128. The van der Waals surface area contributed by atoms with Crippen molar-refractivity contribution in [3.63, 3.8) is 0 Å². The predicted octanol–water partition coefficient (Wildman–Crippen LogP) is 6.37. The van der Waals surface area contributed by atoms with Gasteiger partial charge in [-0.15, -0.1) is 0 Å². The van der Waals surface area contributed by atoms with Crippen molar-refractivity contribution in [1.29, 1.82) is 0 Å². The summed E-state index contributed by atoms with van der Waals surface area (Å²) in [5.74, 6) is -1.83. The molecule has 0 bridgehead atoms. The van der Waals surface area contributed by atoms with Crippen LogP contribution in [0.25, 0.3) is 11.4 Å². The Kier molecular flexibility index (Phi) is 7.20. The van der Waals surface area contributed by atoms with Crippen LogP contribution in [0.5, 0.6) is 5.75 Å². The summed E-state index contributed by atoms with van der Waals surface area (Å²) in [5, 5.41) is 3.31. The second-order valence-electron chi connectivity index (χ2n) is 11.3. The first-order chi connectivity index (χ1) is 22.8. The number of anilines is 1. The van der Waals surface area contributed by atoms with E-state index in [1.807, 2.05) is 6.07 Å². The Morgan fingerprint density at radius 2 is 1.40 bits per heavy atom. The molecule has 1 amide bonds. The first-order valence-corrected chi connectivity index (χ1v) is 15.3. The van der Waals surface area contributed by atoms with Gasteiger partial charge in [0.05, 0.1) is 30.7 Å². The van der Waals surface area contributed by atoms with E-state index in [4.69, 9.17) is 9.47 Å². The summed E-state index contributed by atoms with van der Waals surface area (Å²) in [4.78, 5) is 61.1. The summed E-state index contributed by atoms with van der Waals surface area (Å²) in [6.45, 7) is 3.37. The lowest BCUT2D eigenvalue weighted by atomic mass is 9.63. The maximum absolute atomic E-state index is 15.7. The zero-order valence-corrected chi connectivity index (χ0v) is 26.0. The number of ketones is 2. The molecule has 1 aliphatic carbocycles. The topological polar surface area (TPSA) is 102 Å². The molecule has 8 nitrogen and oxygen atoms in total. The molecule has 47 heavy (non-hydrogen) atoms. The highest BCUT2D eigenvalue weighted by molar-refractivity contribution is 6.37. The minimum Gasteiger partial charge on any atom is -0.497 e. The van der Waals surface area contributed by atoms with Crippen LogP contribution in [0.3, 0.4) is 0 Å². The number of fused-ring (bicyclic) bond motifs is 3. The number of rotatable bonds is 7. The third kappa shape index (κ3) is 4.29. The van der Waals surface area contributed by atoms with Crippen molar-refractivity contribution in [3.05, 3.63) is 154 Å². The molecule has 4 aromatic carbocycles. The fourth-order valence-corrected chi connectivity index (χ4v) is 6.93. The molecule has 0 saturated carbocycles. The molecule has 7 rings (SSSR count). The highest BCUT2D eigenvalue weighted by Gasteiger charge is 2.67.